The molecule has 1 aromatic rings. The summed E-state index contributed by atoms with van der Waals surface area (Å²) >= 11 is 5.14. The summed E-state index contributed by atoms with van der Waals surface area (Å²) in [6, 6.07) is 6.23. The zero-order valence-corrected chi connectivity index (χ0v) is 13.2. The fraction of sp³-hybridized carbons (Fsp3) is 0.333. The smallest absolute Gasteiger partial charge is 0.338 e. The summed E-state index contributed by atoms with van der Waals surface area (Å²) in [7, 11) is 1.53. The predicted octanol–water partition coefficient (Wildman–Crippen LogP) is 1.37. The van der Waals surface area contributed by atoms with Crippen LogP contribution >= 0.6 is 12.2 Å². The maximum atomic E-state index is 12.3. The molecule has 2 rings (SSSR count). The molecule has 3 N–H and O–H groups in total. The summed E-state index contributed by atoms with van der Waals surface area (Å²) in [4.78, 5) is 12.3. The maximum Gasteiger partial charge on any atom is 0.338 e. The lowest BCUT2D eigenvalue weighted by atomic mass is 9.95. The Balaban J connectivity index is 2.33. The lowest BCUT2D eigenvalue weighted by Gasteiger charge is -2.30. The standard InChI is InChI=1S/C15H18N2O4S/c1-9-12(14(19)21-8-7-20-2)13(17-15(22)16-9)10-5-3-4-6-11(10)18/h3-6,13,18H,7-8H2,1-2H3,(H2,16,17,22). The van der Waals surface area contributed by atoms with Gasteiger partial charge in [-0.25, -0.2) is 4.79 Å². The zero-order valence-electron chi connectivity index (χ0n) is 12.4. The number of hydrogen-bond donors (Lipinski definition) is 3. The van der Waals surface area contributed by atoms with Gasteiger partial charge in [-0.3, -0.25) is 0 Å². The molecule has 0 bridgehead atoms. The van der Waals surface area contributed by atoms with Crippen molar-refractivity contribution in [3.05, 3.63) is 41.1 Å². The SMILES string of the molecule is COCCOC(=O)C1=C(C)NC(=S)NC1c1ccccc1O. The van der Waals surface area contributed by atoms with Gasteiger partial charge in [-0.2, -0.15) is 0 Å². The van der Waals surface area contributed by atoms with Crippen LogP contribution in [0.25, 0.3) is 0 Å². The number of hydrogen-bond acceptors (Lipinski definition) is 5. The van der Waals surface area contributed by atoms with E-state index >= 15 is 0 Å². The minimum Gasteiger partial charge on any atom is -0.508 e. The third kappa shape index (κ3) is 3.55. The van der Waals surface area contributed by atoms with Crippen LogP contribution in [-0.2, 0) is 14.3 Å². The van der Waals surface area contributed by atoms with Crippen LogP contribution in [0.4, 0.5) is 0 Å². The van der Waals surface area contributed by atoms with Crippen molar-refractivity contribution in [1.29, 1.82) is 0 Å². The Kier molecular flexibility index (Phi) is 5.35. The molecule has 118 valence electrons. The van der Waals surface area contributed by atoms with Crippen LogP contribution in [0.3, 0.4) is 0 Å². The number of benzene rings is 1. The number of phenols is 1. The molecule has 1 heterocycles. The van der Waals surface area contributed by atoms with E-state index in [0.717, 1.165) is 0 Å². The highest BCUT2D eigenvalue weighted by molar-refractivity contribution is 7.80. The number of esters is 1. The largest absolute Gasteiger partial charge is 0.508 e. The number of thiocarbonyl (C=S) groups is 1. The van der Waals surface area contributed by atoms with Crippen LogP contribution in [0, 0.1) is 0 Å². The van der Waals surface area contributed by atoms with E-state index in [-0.39, 0.29) is 12.4 Å². The Labute approximate surface area is 134 Å². The van der Waals surface area contributed by atoms with Crippen molar-refractivity contribution >= 4 is 23.3 Å². The Morgan fingerprint density at radius 3 is 2.77 bits per heavy atom. The monoisotopic (exact) mass is 322 g/mol. The normalized spacial score (nSPS) is 17.7. The van der Waals surface area contributed by atoms with E-state index in [2.05, 4.69) is 10.6 Å². The number of carbonyl (C=O) groups is 1. The molecule has 0 aliphatic carbocycles. The summed E-state index contributed by atoms with van der Waals surface area (Å²) in [5.74, 6) is -0.398. The number of nitrogens with one attached hydrogen (secondary N) is 2. The number of ether oxygens (including phenoxy) is 2. The van der Waals surface area contributed by atoms with Gasteiger partial charge >= 0.3 is 5.97 Å². The number of para-hydroxylation sites is 1. The third-order valence-corrected chi connectivity index (χ3v) is 3.48. The van der Waals surface area contributed by atoms with Gasteiger partial charge in [-0.15, -0.1) is 0 Å². The summed E-state index contributed by atoms with van der Waals surface area (Å²) < 4.78 is 10.1. The van der Waals surface area contributed by atoms with Crippen LogP contribution in [0.15, 0.2) is 35.5 Å². The molecule has 0 saturated carbocycles. The molecule has 0 spiro atoms. The summed E-state index contributed by atoms with van der Waals surface area (Å²) in [5, 5.41) is 16.3. The first-order valence-electron chi connectivity index (χ1n) is 6.76. The van der Waals surface area contributed by atoms with Gasteiger partial charge in [0.2, 0.25) is 0 Å². The van der Waals surface area contributed by atoms with Crippen molar-refractivity contribution in [2.45, 2.75) is 13.0 Å². The van der Waals surface area contributed by atoms with Crippen LogP contribution in [0.5, 0.6) is 5.75 Å². The van der Waals surface area contributed by atoms with Crippen molar-refractivity contribution in [3.63, 3.8) is 0 Å². The molecule has 0 saturated heterocycles. The van der Waals surface area contributed by atoms with Gasteiger partial charge in [0.25, 0.3) is 0 Å². The van der Waals surface area contributed by atoms with E-state index in [1.54, 1.807) is 31.2 Å². The average molecular weight is 322 g/mol. The Morgan fingerprint density at radius 2 is 2.09 bits per heavy atom. The number of aromatic hydroxyl groups is 1. The first-order valence-corrected chi connectivity index (χ1v) is 7.17. The minimum atomic E-state index is -0.565. The topological polar surface area (TPSA) is 79.8 Å². The molecule has 0 radical (unpaired) electrons. The van der Waals surface area contributed by atoms with E-state index in [9.17, 15) is 9.90 Å². The van der Waals surface area contributed by atoms with Gasteiger partial charge in [-0.1, -0.05) is 18.2 Å². The summed E-state index contributed by atoms with van der Waals surface area (Å²) in [6.45, 7) is 2.22. The lowest BCUT2D eigenvalue weighted by Crippen LogP contribution is -2.45. The van der Waals surface area contributed by atoms with Crippen LogP contribution in [0.2, 0.25) is 0 Å². The molecule has 1 unspecified atom stereocenters. The van der Waals surface area contributed by atoms with Gasteiger partial charge < -0.3 is 25.2 Å². The highest BCUT2D eigenvalue weighted by atomic mass is 32.1. The van der Waals surface area contributed by atoms with E-state index < -0.39 is 12.0 Å². The first-order chi connectivity index (χ1) is 10.5. The van der Waals surface area contributed by atoms with Gasteiger partial charge in [0, 0.05) is 18.4 Å². The van der Waals surface area contributed by atoms with E-state index in [1.165, 1.54) is 7.11 Å². The maximum absolute atomic E-state index is 12.3. The number of methoxy groups -OCH3 is 1. The molecule has 22 heavy (non-hydrogen) atoms. The average Bonchev–Trinajstić information content (AvgIpc) is 2.47. The fourth-order valence-electron chi connectivity index (χ4n) is 2.22. The second-order valence-electron chi connectivity index (χ2n) is 4.76. The van der Waals surface area contributed by atoms with Gasteiger partial charge in [0.05, 0.1) is 18.2 Å². The molecular formula is C15H18N2O4S. The Hall–Kier alpha value is -2.12. The summed E-state index contributed by atoms with van der Waals surface area (Å²) in [6.07, 6.45) is 0. The fourth-order valence-corrected chi connectivity index (χ4v) is 2.50. The Morgan fingerprint density at radius 1 is 1.36 bits per heavy atom. The number of allylic oxidation sites excluding steroid dienone is 1. The molecule has 1 aromatic carbocycles. The molecule has 6 nitrogen and oxygen atoms in total. The number of carbonyl (C=O) groups excluding carboxylic acids is 1. The lowest BCUT2D eigenvalue weighted by molar-refractivity contribution is -0.140. The van der Waals surface area contributed by atoms with Gasteiger partial charge in [-0.05, 0) is 25.2 Å². The van der Waals surface area contributed by atoms with Crippen molar-refractivity contribution in [3.8, 4) is 5.75 Å². The predicted molar refractivity (Wildman–Crippen MR) is 85.3 cm³/mol. The quantitative estimate of drug-likeness (QED) is 0.429. The van der Waals surface area contributed by atoms with Gasteiger partial charge in [0.1, 0.15) is 12.4 Å². The van der Waals surface area contributed by atoms with Crippen molar-refractivity contribution in [2.24, 2.45) is 0 Å². The van der Waals surface area contributed by atoms with Gasteiger partial charge in [0.15, 0.2) is 5.11 Å². The highest BCUT2D eigenvalue weighted by Gasteiger charge is 2.32. The number of rotatable bonds is 5. The van der Waals surface area contributed by atoms with Crippen LogP contribution in [0.1, 0.15) is 18.5 Å². The third-order valence-electron chi connectivity index (χ3n) is 3.26. The van der Waals surface area contributed by atoms with Crippen molar-refractivity contribution in [2.75, 3.05) is 20.3 Å². The van der Waals surface area contributed by atoms with Crippen molar-refractivity contribution < 1.29 is 19.4 Å². The molecule has 0 amide bonds. The first kappa shape index (κ1) is 16.3. The molecule has 1 atom stereocenters. The second-order valence-corrected chi connectivity index (χ2v) is 5.17. The minimum absolute atomic E-state index is 0.0830. The molecule has 1 aliphatic heterocycles. The van der Waals surface area contributed by atoms with E-state index in [0.29, 0.717) is 28.6 Å². The molecule has 7 heteroatoms. The Bertz CT molecular complexity index is 615. The van der Waals surface area contributed by atoms with E-state index in [4.69, 9.17) is 21.7 Å². The molecule has 0 aromatic heterocycles. The van der Waals surface area contributed by atoms with Crippen LogP contribution in [-0.4, -0.2) is 36.5 Å². The van der Waals surface area contributed by atoms with Crippen LogP contribution < -0.4 is 10.6 Å². The highest BCUT2D eigenvalue weighted by Crippen LogP contribution is 2.32. The summed E-state index contributed by atoms with van der Waals surface area (Å²) in [5.41, 5.74) is 1.54. The van der Waals surface area contributed by atoms with E-state index in [1.807, 2.05) is 0 Å². The molecular weight excluding hydrogens is 304 g/mol. The zero-order chi connectivity index (χ0) is 16.1. The molecule has 1 aliphatic rings. The van der Waals surface area contributed by atoms with Crippen molar-refractivity contribution in [1.82, 2.24) is 10.6 Å². The number of phenolic OH excluding ortho intramolecular Hbond substituents is 1. The molecule has 0 fully saturated rings. The second kappa shape index (κ2) is 7.24.